The fourth-order valence-corrected chi connectivity index (χ4v) is 0.946. The lowest BCUT2D eigenvalue weighted by Crippen LogP contribution is -2.38. The van der Waals surface area contributed by atoms with Gasteiger partial charge >= 0.3 is 5.97 Å². The van der Waals surface area contributed by atoms with Crippen LogP contribution in [-0.4, -0.2) is 56.0 Å². The molecule has 0 spiro atoms. The summed E-state index contributed by atoms with van der Waals surface area (Å²) in [6.07, 6.45) is 0.133. The third kappa shape index (κ3) is 9.73. The van der Waals surface area contributed by atoms with E-state index in [2.05, 4.69) is 5.32 Å². The van der Waals surface area contributed by atoms with E-state index in [4.69, 9.17) is 20.3 Å². The number of amides is 1. The maximum atomic E-state index is 11.2. The predicted molar refractivity (Wildman–Crippen MR) is 60.5 cm³/mol. The van der Waals surface area contributed by atoms with Crippen LogP contribution in [0.3, 0.4) is 0 Å². The highest BCUT2D eigenvalue weighted by atomic mass is 16.5. The highest BCUT2D eigenvalue weighted by Gasteiger charge is 2.13. The van der Waals surface area contributed by atoms with Crippen LogP contribution in [0.25, 0.3) is 0 Å². The summed E-state index contributed by atoms with van der Waals surface area (Å²) in [4.78, 5) is 21.6. The van der Waals surface area contributed by atoms with Crippen molar-refractivity contribution in [1.29, 1.82) is 0 Å². The first-order valence-electron chi connectivity index (χ1n) is 5.45. The van der Waals surface area contributed by atoms with E-state index in [1.807, 2.05) is 0 Å². The van der Waals surface area contributed by atoms with E-state index in [1.54, 1.807) is 0 Å². The van der Waals surface area contributed by atoms with Crippen molar-refractivity contribution in [2.75, 3.05) is 33.0 Å². The minimum absolute atomic E-state index is 0.133. The average Bonchev–Trinajstić information content (AvgIpc) is 2.27. The van der Waals surface area contributed by atoms with E-state index < -0.39 is 12.0 Å². The number of nitrogens with one attached hydrogen (secondary N) is 1. The number of carbonyl (C=O) groups is 2. The van der Waals surface area contributed by atoms with Gasteiger partial charge in [0.2, 0.25) is 5.91 Å². The highest BCUT2D eigenvalue weighted by molar-refractivity contribution is 5.83. The first kappa shape index (κ1) is 15.8. The Labute approximate surface area is 100 Å². The summed E-state index contributed by atoms with van der Waals surface area (Å²) in [7, 11) is 0. The zero-order chi connectivity index (χ0) is 13.1. The van der Waals surface area contributed by atoms with Crippen LogP contribution in [0.4, 0.5) is 0 Å². The Balaban J connectivity index is 3.36. The Morgan fingerprint density at radius 2 is 1.82 bits per heavy atom. The Hall–Kier alpha value is -1.18. The number of hydrogen-bond donors (Lipinski definition) is 3. The molecule has 0 bridgehead atoms. The van der Waals surface area contributed by atoms with Crippen LogP contribution in [0, 0.1) is 0 Å². The maximum absolute atomic E-state index is 11.2. The van der Waals surface area contributed by atoms with Gasteiger partial charge in [-0.15, -0.1) is 0 Å². The van der Waals surface area contributed by atoms with Gasteiger partial charge in [0.1, 0.15) is 6.04 Å². The second-order valence-electron chi connectivity index (χ2n) is 3.39. The molecule has 0 radical (unpaired) electrons. The molecule has 100 valence electrons. The van der Waals surface area contributed by atoms with Crippen LogP contribution in [0.15, 0.2) is 0 Å². The summed E-state index contributed by atoms with van der Waals surface area (Å²) in [5.41, 5.74) is 5.21. The Morgan fingerprint density at radius 1 is 1.24 bits per heavy atom. The second-order valence-corrected chi connectivity index (χ2v) is 3.39. The number of hydrogen-bond acceptors (Lipinski definition) is 5. The molecular weight excluding hydrogens is 228 g/mol. The van der Waals surface area contributed by atoms with Crippen LogP contribution in [0.5, 0.6) is 0 Å². The molecule has 17 heavy (non-hydrogen) atoms. The normalized spacial score (nSPS) is 12.1. The standard InChI is InChI=1S/C10H20N2O5/c1-8(10(14)15)12-9(13)2-4-16-6-7-17-5-3-11/h8H,2-7,11H2,1H3,(H,12,13)(H,14,15). The van der Waals surface area contributed by atoms with Gasteiger partial charge in [-0.2, -0.15) is 0 Å². The molecule has 7 heteroatoms. The Bertz CT molecular complexity index is 235. The Kier molecular flexibility index (Phi) is 9.31. The van der Waals surface area contributed by atoms with Gasteiger partial charge in [0, 0.05) is 13.0 Å². The van der Waals surface area contributed by atoms with Crippen molar-refractivity contribution in [3.05, 3.63) is 0 Å². The SMILES string of the molecule is CC(NC(=O)CCOCCOCCN)C(=O)O. The lowest BCUT2D eigenvalue weighted by Gasteiger charge is -2.09. The van der Waals surface area contributed by atoms with Gasteiger partial charge < -0.3 is 25.6 Å². The number of rotatable bonds is 10. The molecule has 0 aromatic carbocycles. The van der Waals surface area contributed by atoms with Crippen molar-refractivity contribution in [1.82, 2.24) is 5.32 Å². The quantitative estimate of drug-likeness (QED) is 0.426. The molecule has 0 rings (SSSR count). The number of ether oxygens (including phenoxy) is 2. The second kappa shape index (κ2) is 10.0. The van der Waals surface area contributed by atoms with Gasteiger partial charge in [0.25, 0.3) is 0 Å². The smallest absolute Gasteiger partial charge is 0.325 e. The van der Waals surface area contributed by atoms with Crippen molar-refractivity contribution in [3.63, 3.8) is 0 Å². The van der Waals surface area contributed by atoms with E-state index in [9.17, 15) is 9.59 Å². The van der Waals surface area contributed by atoms with Crippen LogP contribution in [-0.2, 0) is 19.1 Å². The number of carboxylic acid groups (broad SMARTS) is 1. The molecule has 1 unspecified atom stereocenters. The molecule has 1 atom stereocenters. The van der Waals surface area contributed by atoms with Gasteiger partial charge in [-0.1, -0.05) is 0 Å². The predicted octanol–water partition coefficient (Wildman–Crippen LogP) is -1.04. The first-order valence-corrected chi connectivity index (χ1v) is 5.45. The van der Waals surface area contributed by atoms with E-state index in [0.29, 0.717) is 26.4 Å². The summed E-state index contributed by atoms with van der Waals surface area (Å²) in [6.45, 7) is 3.42. The number of carboxylic acids is 1. The fourth-order valence-electron chi connectivity index (χ4n) is 0.946. The van der Waals surface area contributed by atoms with Crippen LogP contribution in [0.2, 0.25) is 0 Å². The third-order valence-electron chi connectivity index (χ3n) is 1.86. The highest BCUT2D eigenvalue weighted by Crippen LogP contribution is 1.87. The van der Waals surface area contributed by atoms with Crippen molar-refractivity contribution < 1.29 is 24.2 Å². The van der Waals surface area contributed by atoms with Crippen molar-refractivity contribution >= 4 is 11.9 Å². The lowest BCUT2D eigenvalue weighted by atomic mass is 10.3. The molecule has 4 N–H and O–H groups in total. The first-order chi connectivity index (χ1) is 8.07. The minimum Gasteiger partial charge on any atom is -0.480 e. The fraction of sp³-hybridized carbons (Fsp3) is 0.800. The lowest BCUT2D eigenvalue weighted by molar-refractivity contribution is -0.141. The summed E-state index contributed by atoms with van der Waals surface area (Å²) < 4.78 is 10.2. The number of aliphatic carboxylic acids is 1. The monoisotopic (exact) mass is 248 g/mol. The summed E-state index contributed by atoms with van der Waals surface area (Å²) in [5, 5.41) is 10.9. The van der Waals surface area contributed by atoms with Crippen molar-refractivity contribution in [3.8, 4) is 0 Å². The number of carbonyl (C=O) groups excluding carboxylic acids is 1. The third-order valence-corrected chi connectivity index (χ3v) is 1.86. The van der Waals surface area contributed by atoms with Crippen LogP contribution >= 0.6 is 0 Å². The molecule has 7 nitrogen and oxygen atoms in total. The molecule has 0 saturated carbocycles. The topological polar surface area (TPSA) is 111 Å². The van der Waals surface area contributed by atoms with E-state index in [-0.39, 0.29) is 18.9 Å². The van der Waals surface area contributed by atoms with Crippen molar-refractivity contribution in [2.45, 2.75) is 19.4 Å². The molecule has 0 aromatic heterocycles. The molecule has 0 saturated heterocycles. The molecule has 1 amide bonds. The minimum atomic E-state index is -1.06. The molecular formula is C10H20N2O5. The van der Waals surface area contributed by atoms with Crippen LogP contribution < -0.4 is 11.1 Å². The molecule has 0 heterocycles. The average molecular weight is 248 g/mol. The zero-order valence-corrected chi connectivity index (χ0v) is 9.98. The Morgan fingerprint density at radius 3 is 2.35 bits per heavy atom. The van der Waals surface area contributed by atoms with Gasteiger partial charge in [0.15, 0.2) is 0 Å². The molecule has 0 aliphatic heterocycles. The van der Waals surface area contributed by atoms with Gasteiger partial charge in [-0.3, -0.25) is 9.59 Å². The van der Waals surface area contributed by atoms with Crippen molar-refractivity contribution in [2.24, 2.45) is 5.73 Å². The molecule has 0 aromatic rings. The summed E-state index contributed by atoms with van der Waals surface area (Å²) in [5.74, 6) is -1.41. The largest absolute Gasteiger partial charge is 0.480 e. The molecule has 0 aliphatic rings. The van der Waals surface area contributed by atoms with Gasteiger partial charge in [-0.05, 0) is 6.92 Å². The van der Waals surface area contributed by atoms with E-state index in [1.165, 1.54) is 6.92 Å². The van der Waals surface area contributed by atoms with E-state index >= 15 is 0 Å². The summed E-state index contributed by atoms with van der Waals surface area (Å²) >= 11 is 0. The molecule has 0 aliphatic carbocycles. The van der Waals surface area contributed by atoms with Crippen LogP contribution in [0.1, 0.15) is 13.3 Å². The van der Waals surface area contributed by atoms with E-state index in [0.717, 1.165) is 0 Å². The maximum Gasteiger partial charge on any atom is 0.325 e. The number of nitrogens with two attached hydrogens (primary N) is 1. The zero-order valence-electron chi connectivity index (χ0n) is 9.98. The van der Waals surface area contributed by atoms with Gasteiger partial charge in [0.05, 0.1) is 26.4 Å². The van der Waals surface area contributed by atoms with Gasteiger partial charge in [-0.25, -0.2) is 0 Å². The molecule has 0 fully saturated rings. The summed E-state index contributed by atoms with van der Waals surface area (Å²) in [6, 6.07) is -0.879.